The van der Waals surface area contributed by atoms with Gasteiger partial charge in [-0.15, -0.1) is 0 Å². The molecule has 2 atom stereocenters. The second-order valence-electron chi connectivity index (χ2n) is 5.09. The van der Waals surface area contributed by atoms with Gasteiger partial charge in [-0.25, -0.2) is 0 Å². The van der Waals surface area contributed by atoms with Crippen molar-refractivity contribution in [3.05, 3.63) is 0 Å². The van der Waals surface area contributed by atoms with E-state index >= 15 is 0 Å². The van der Waals surface area contributed by atoms with Gasteiger partial charge in [0.1, 0.15) is 0 Å². The maximum atomic E-state index is 8.87. The van der Waals surface area contributed by atoms with Gasteiger partial charge in [0.25, 0.3) is 0 Å². The van der Waals surface area contributed by atoms with Gasteiger partial charge in [0.05, 0.1) is 18.8 Å². The van der Waals surface area contributed by atoms with Crippen LogP contribution in [0.4, 0.5) is 0 Å². The Bertz CT molecular complexity index is 187. The van der Waals surface area contributed by atoms with E-state index in [1.165, 1.54) is 38.5 Å². The molecule has 1 fully saturated rings. The van der Waals surface area contributed by atoms with E-state index in [1.807, 2.05) is 0 Å². The van der Waals surface area contributed by atoms with Gasteiger partial charge >= 0.3 is 0 Å². The molecule has 1 N–H and O–H groups in total. The van der Waals surface area contributed by atoms with Crippen molar-refractivity contribution < 1.29 is 9.84 Å². The third-order valence-electron chi connectivity index (χ3n) is 3.66. The van der Waals surface area contributed by atoms with Crippen LogP contribution >= 0.6 is 0 Å². The molecule has 3 nitrogen and oxygen atoms in total. The summed E-state index contributed by atoms with van der Waals surface area (Å²) in [7, 11) is 0. The van der Waals surface area contributed by atoms with Crippen molar-refractivity contribution in [2.24, 2.45) is 0 Å². The number of aliphatic hydroxyl groups is 1. The van der Waals surface area contributed by atoms with Crippen LogP contribution in [0.25, 0.3) is 0 Å². The summed E-state index contributed by atoms with van der Waals surface area (Å²) in [6.45, 7) is 7.62. The Morgan fingerprint density at radius 1 is 1.06 bits per heavy atom. The topological polar surface area (TPSA) is 36.0 Å². The first-order chi connectivity index (χ1) is 8.27. The summed E-state index contributed by atoms with van der Waals surface area (Å²) in [6, 6.07) is 0. The van der Waals surface area contributed by atoms with Crippen LogP contribution in [0.2, 0.25) is 0 Å². The van der Waals surface area contributed by atoms with Crippen LogP contribution in [0.15, 0.2) is 0 Å². The Kier molecular flexibility index (Phi) is 7.82. The Labute approximate surface area is 106 Å². The minimum absolute atomic E-state index is 0.285. The van der Waals surface area contributed by atoms with Gasteiger partial charge in [-0.05, 0) is 32.9 Å². The highest BCUT2D eigenvalue weighted by atomic mass is 16.6. The van der Waals surface area contributed by atoms with Crippen LogP contribution in [0.1, 0.15) is 52.4 Å². The molecule has 1 heterocycles. The molecule has 102 valence electrons. The molecule has 0 bridgehead atoms. The zero-order chi connectivity index (χ0) is 12.5. The smallest absolute Gasteiger partial charge is 0.0839 e. The Morgan fingerprint density at radius 3 is 2.29 bits per heavy atom. The van der Waals surface area contributed by atoms with Gasteiger partial charge in [-0.1, -0.05) is 32.6 Å². The van der Waals surface area contributed by atoms with Gasteiger partial charge in [0, 0.05) is 6.54 Å². The summed E-state index contributed by atoms with van der Waals surface area (Å²) in [5, 5.41) is 8.87. The predicted molar refractivity (Wildman–Crippen MR) is 71.2 cm³/mol. The number of ether oxygens (including phenoxy) is 1. The molecule has 2 unspecified atom stereocenters. The van der Waals surface area contributed by atoms with Gasteiger partial charge < -0.3 is 14.7 Å². The highest BCUT2D eigenvalue weighted by Crippen LogP contribution is 2.26. The summed E-state index contributed by atoms with van der Waals surface area (Å²) in [6.07, 6.45) is 8.97. The van der Waals surface area contributed by atoms with E-state index in [9.17, 15) is 0 Å². The van der Waals surface area contributed by atoms with Crippen molar-refractivity contribution in [2.75, 3.05) is 26.2 Å². The van der Waals surface area contributed by atoms with Crippen LogP contribution < -0.4 is 0 Å². The molecular formula is C14H29NO2. The SMILES string of the molecule is CCN(CCO)CCCCCCCC1OC1C. The fraction of sp³-hybridized carbons (Fsp3) is 1.00. The van der Waals surface area contributed by atoms with Crippen molar-refractivity contribution in [2.45, 2.75) is 64.6 Å². The van der Waals surface area contributed by atoms with Crippen LogP contribution in [0, 0.1) is 0 Å². The van der Waals surface area contributed by atoms with Crippen molar-refractivity contribution in [3.8, 4) is 0 Å². The van der Waals surface area contributed by atoms with E-state index in [0.29, 0.717) is 12.2 Å². The van der Waals surface area contributed by atoms with Gasteiger partial charge in [-0.3, -0.25) is 0 Å². The monoisotopic (exact) mass is 243 g/mol. The molecule has 1 aliphatic rings. The Hall–Kier alpha value is -0.120. The quantitative estimate of drug-likeness (QED) is 0.447. The van der Waals surface area contributed by atoms with E-state index in [2.05, 4.69) is 18.7 Å². The first kappa shape index (κ1) is 14.9. The number of hydrogen-bond acceptors (Lipinski definition) is 3. The normalized spacial score (nSPS) is 23.3. The summed E-state index contributed by atoms with van der Waals surface area (Å²) < 4.78 is 5.39. The lowest BCUT2D eigenvalue weighted by Gasteiger charge is -2.18. The third kappa shape index (κ3) is 7.02. The van der Waals surface area contributed by atoms with E-state index in [0.717, 1.165) is 19.6 Å². The summed E-state index contributed by atoms with van der Waals surface area (Å²) >= 11 is 0. The fourth-order valence-corrected chi connectivity index (χ4v) is 2.31. The zero-order valence-electron chi connectivity index (χ0n) is 11.5. The van der Waals surface area contributed by atoms with E-state index in [1.54, 1.807) is 0 Å². The van der Waals surface area contributed by atoms with Crippen molar-refractivity contribution in [3.63, 3.8) is 0 Å². The highest BCUT2D eigenvalue weighted by molar-refractivity contribution is 4.79. The predicted octanol–water partition coefficient (Wildman–Crippen LogP) is 2.43. The van der Waals surface area contributed by atoms with Crippen LogP contribution in [0.3, 0.4) is 0 Å². The molecule has 0 aromatic carbocycles. The number of hydrogen-bond donors (Lipinski definition) is 1. The number of likely N-dealkylation sites (N-methyl/N-ethyl adjacent to an activating group) is 1. The average molecular weight is 243 g/mol. The molecule has 3 heteroatoms. The molecule has 0 aliphatic carbocycles. The Balaban J connectivity index is 1.80. The molecule has 0 amide bonds. The lowest BCUT2D eigenvalue weighted by Crippen LogP contribution is -2.27. The molecule has 0 saturated carbocycles. The number of aliphatic hydroxyl groups excluding tert-OH is 1. The molecule has 0 radical (unpaired) electrons. The number of nitrogens with zero attached hydrogens (tertiary/aromatic N) is 1. The number of epoxide rings is 1. The first-order valence-corrected chi connectivity index (χ1v) is 7.26. The molecular weight excluding hydrogens is 214 g/mol. The maximum Gasteiger partial charge on any atom is 0.0839 e. The number of unbranched alkanes of at least 4 members (excludes halogenated alkanes) is 4. The molecule has 1 aliphatic heterocycles. The van der Waals surface area contributed by atoms with Gasteiger partial charge in [0.15, 0.2) is 0 Å². The zero-order valence-corrected chi connectivity index (χ0v) is 11.5. The molecule has 0 aromatic heterocycles. The van der Waals surface area contributed by atoms with Crippen molar-refractivity contribution in [1.82, 2.24) is 4.90 Å². The van der Waals surface area contributed by atoms with Gasteiger partial charge in [-0.2, -0.15) is 0 Å². The number of rotatable bonds is 11. The van der Waals surface area contributed by atoms with E-state index < -0.39 is 0 Å². The van der Waals surface area contributed by atoms with Crippen LogP contribution in [0.5, 0.6) is 0 Å². The summed E-state index contributed by atoms with van der Waals surface area (Å²) in [4.78, 5) is 2.32. The third-order valence-corrected chi connectivity index (χ3v) is 3.66. The second-order valence-corrected chi connectivity index (χ2v) is 5.09. The lowest BCUT2D eigenvalue weighted by molar-refractivity contribution is 0.199. The van der Waals surface area contributed by atoms with Gasteiger partial charge in [0.2, 0.25) is 0 Å². The molecule has 1 saturated heterocycles. The highest BCUT2D eigenvalue weighted by Gasteiger charge is 2.32. The minimum Gasteiger partial charge on any atom is -0.395 e. The summed E-state index contributed by atoms with van der Waals surface area (Å²) in [5.41, 5.74) is 0. The molecule has 1 rings (SSSR count). The van der Waals surface area contributed by atoms with Crippen LogP contribution in [-0.4, -0.2) is 48.5 Å². The molecule has 0 aromatic rings. The second kappa shape index (κ2) is 8.90. The fourth-order valence-electron chi connectivity index (χ4n) is 2.31. The molecule has 0 spiro atoms. The minimum atomic E-state index is 0.285. The summed E-state index contributed by atoms with van der Waals surface area (Å²) in [5.74, 6) is 0. The van der Waals surface area contributed by atoms with E-state index in [-0.39, 0.29) is 6.61 Å². The first-order valence-electron chi connectivity index (χ1n) is 7.26. The largest absolute Gasteiger partial charge is 0.395 e. The molecule has 17 heavy (non-hydrogen) atoms. The average Bonchev–Trinajstić information content (AvgIpc) is 3.02. The van der Waals surface area contributed by atoms with Crippen molar-refractivity contribution in [1.29, 1.82) is 0 Å². The van der Waals surface area contributed by atoms with Crippen LogP contribution in [-0.2, 0) is 4.74 Å². The van der Waals surface area contributed by atoms with Crippen molar-refractivity contribution >= 4 is 0 Å². The standard InChI is InChI=1S/C14H29NO2/c1-3-15(11-12-16)10-8-6-4-5-7-9-14-13(2)17-14/h13-14,16H,3-12H2,1-2H3. The maximum absolute atomic E-state index is 8.87. The Morgan fingerprint density at radius 2 is 1.71 bits per heavy atom. The lowest BCUT2D eigenvalue weighted by atomic mass is 10.1. The van der Waals surface area contributed by atoms with E-state index in [4.69, 9.17) is 9.84 Å².